The summed E-state index contributed by atoms with van der Waals surface area (Å²) < 4.78 is 6.32. The van der Waals surface area contributed by atoms with Crippen LogP contribution in [0.3, 0.4) is 0 Å². The van der Waals surface area contributed by atoms with Gasteiger partial charge in [0.1, 0.15) is 6.61 Å². The molecule has 104 valence electrons. The van der Waals surface area contributed by atoms with Crippen LogP contribution in [-0.2, 0) is 6.61 Å². The molecule has 0 bridgehead atoms. The molecule has 0 saturated heterocycles. The van der Waals surface area contributed by atoms with Crippen LogP contribution in [-0.4, -0.2) is 16.0 Å². The smallest absolute Gasteiger partial charge is 0.335 e. The minimum absolute atomic E-state index is 0.0459. The fraction of sp³-hybridized carbons (Fsp3) is 0.0833. The molecule has 0 aliphatic heterocycles. The van der Waals surface area contributed by atoms with Gasteiger partial charge in [-0.3, -0.25) is 10.1 Å². The number of carbonyl (C=O) groups is 1. The average Bonchev–Trinajstić information content (AvgIpc) is 2.81. The van der Waals surface area contributed by atoms with Crippen molar-refractivity contribution in [2.24, 2.45) is 0 Å². The highest BCUT2D eigenvalue weighted by molar-refractivity contribution is 9.11. The molecule has 1 aromatic carbocycles. The van der Waals surface area contributed by atoms with Gasteiger partial charge in [-0.15, -0.1) is 11.3 Å². The Balaban J connectivity index is 2.22. The van der Waals surface area contributed by atoms with Crippen molar-refractivity contribution in [1.29, 1.82) is 0 Å². The molecular weight excluding hydrogens is 350 g/mol. The van der Waals surface area contributed by atoms with Crippen molar-refractivity contribution < 1.29 is 19.6 Å². The quantitative estimate of drug-likeness (QED) is 0.650. The molecular formula is C12H8BrNO5S. The predicted molar refractivity (Wildman–Crippen MR) is 76.4 cm³/mol. The highest BCUT2D eigenvalue weighted by Gasteiger charge is 2.18. The zero-order valence-corrected chi connectivity index (χ0v) is 12.3. The number of nitrogens with zero attached hydrogens (tertiary/aromatic N) is 1. The molecule has 6 nitrogen and oxygen atoms in total. The fourth-order valence-electron chi connectivity index (χ4n) is 1.49. The van der Waals surface area contributed by atoms with Crippen molar-refractivity contribution in [2.45, 2.75) is 6.61 Å². The van der Waals surface area contributed by atoms with E-state index in [0.717, 1.165) is 14.7 Å². The van der Waals surface area contributed by atoms with Crippen molar-refractivity contribution >= 4 is 38.9 Å². The molecule has 0 unspecified atom stereocenters. The minimum atomic E-state index is -1.22. The molecule has 1 heterocycles. The Labute approximate surface area is 125 Å². The molecule has 0 atom stereocenters. The lowest BCUT2D eigenvalue weighted by atomic mass is 10.2. The van der Waals surface area contributed by atoms with Crippen molar-refractivity contribution in [2.75, 3.05) is 0 Å². The number of nitro groups is 1. The van der Waals surface area contributed by atoms with E-state index >= 15 is 0 Å². The van der Waals surface area contributed by atoms with Gasteiger partial charge in [0.25, 0.3) is 0 Å². The van der Waals surface area contributed by atoms with Crippen LogP contribution in [0.2, 0.25) is 0 Å². The molecule has 0 aliphatic rings. The van der Waals surface area contributed by atoms with Crippen molar-refractivity contribution in [3.05, 3.63) is 54.7 Å². The van der Waals surface area contributed by atoms with E-state index in [2.05, 4.69) is 15.9 Å². The van der Waals surface area contributed by atoms with E-state index in [9.17, 15) is 14.9 Å². The number of hydrogen-bond donors (Lipinski definition) is 1. The van der Waals surface area contributed by atoms with E-state index in [0.29, 0.717) is 0 Å². The van der Waals surface area contributed by atoms with Gasteiger partial charge in [0.05, 0.1) is 14.3 Å². The van der Waals surface area contributed by atoms with E-state index < -0.39 is 10.9 Å². The van der Waals surface area contributed by atoms with Gasteiger partial charge >= 0.3 is 11.7 Å². The number of hydrogen-bond acceptors (Lipinski definition) is 5. The second-order valence-electron chi connectivity index (χ2n) is 3.74. The van der Waals surface area contributed by atoms with E-state index in [1.807, 2.05) is 12.1 Å². The highest BCUT2D eigenvalue weighted by atomic mass is 79.9. The fourth-order valence-corrected chi connectivity index (χ4v) is 2.89. The van der Waals surface area contributed by atoms with Crippen LogP contribution in [0, 0.1) is 10.1 Å². The number of ether oxygens (including phenoxy) is 1. The molecule has 0 aliphatic carbocycles. The highest BCUT2D eigenvalue weighted by Crippen LogP contribution is 2.30. The Morgan fingerprint density at radius 3 is 2.70 bits per heavy atom. The van der Waals surface area contributed by atoms with Gasteiger partial charge in [0.15, 0.2) is 5.75 Å². The van der Waals surface area contributed by atoms with E-state index in [1.165, 1.54) is 23.5 Å². The van der Waals surface area contributed by atoms with Crippen molar-refractivity contribution in [3.63, 3.8) is 0 Å². The van der Waals surface area contributed by atoms with Gasteiger partial charge in [-0.25, -0.2) is 4.79 Å². The lowest BCUT2D eigenvalue weighted by Gasteiger charge is -2.06. The number of carboxylic acids is 1. The van der Waals surface area contributed by atoms with Gasteiger partial charge in [0, 0.05) is 10.9 Å². The third kappa shape index (κ3) is 3.34. The lowest BCUT2D eigenvalue weighted by molar-refractivity contribution is -0.386. The number of carboxylic acid groups (broad SMARTS) is 1. The zero-order chi connectivity index (χ0) is 14.7. The SMILES string of the molecule is O=C(O)c1ccc(OCc2ccc(Br)s2)c([N+](=O)[O-])c1. The van der Waals surface area contributed by atoms with Crippen molar-refractivity contribution in [1.82, 2.24) is 0 Å². The Bertz CT molecular complexity index is 670. The first-order valence-electron chi connectivity index (χ1n) is 5.36. The standard InChI is InChI=1S/C12H8BrNO5S/c13-11-4-2-8(20-11)6-19-10-3-1-7(12(15)16)5-9(10)14(17)18/h1-5H,6H2,(H,15,16). The summed E-state index contributed by atoms with van der Waals surface area (Å²) in [6.45, 7) is 0.184. The summed E-state index contributed by atoms with van der Waals surface area (Å²) in [7, 11) is 0. The van der Waals surface area contributed by atoms with E-state index in [4.69, 9.17) is 9.84 Å². The topological polar surface area (TPSA) is 89.7 Å². The second kappa shape index (κ2) is 6.02. The minimum Gasteiger partial charge on any atom is -0.481 e. The molecule has 0 amide bonds. The van der Waals surface area contributed by atoms with Gasteiger partial charge in [-0.1, -0.05) is 0 Å². The summed E-state index contributed by atoms with van der Waals surface area (Å²) in [5, 5.41) is 19.8. The number of rotatable bonds is 5. The molecule has 0 fully saturated rings. The first-order valence-corrected chi connectivity index (χ1v) is 6.97. The number of benzene rings is 1. The van der Waals surface area contributed by atoms with Gasteiger partial charge in [-0.05, 0) is 40.2 Å². The van der Waals surface area contributed by atoms with Gasteiger partial charge < -0.3 is 9.84 Å². The third-order valence-electron chi connectivity index (χ3n) is 2.40. The maximum atomic E-state index is 10.9. The van der Waals surface area contributed by atoms with Crippen LogP contribution < -0.4 is 4.74 Å². The van der Waals surface area contributed by atoms with Crippen LogP contribution >= 0.6 is 27.3 Å². The summed E-state index contributed by atoms with van der Waals surface area (Å²) >= 11 is 4.77. The van der Waals surface area contributed by atoms with Crippen LogP contribution in [0.4, 0.5) is 5.69 Å². The van der Waals surface area contributed by atoms with Crippen LogP contribution in [0.1, 0.15) is 15.2 Å². The average molecular weight is 358 g/mol. The predicted octanol–water partition coefficient (Wildman–Crippen LogP) is 3.70. The monoisotopic (exact) mass is 357 g/mol. The molecule has 0 saturated carbocycles. The lowest BCUT2D eigenvalue weighted by Crippen LogP contribution is -2.01. The normalized spacial score (nSPS) is 10.2. The first-order chi connectivity index (χ1) is 9.47. The molecule has 0 spiro atoms. The summed E-state index contributed by atoms with van der Waals surface area (Å²) in [6, 6.07) is 7.25. The number of nitro benzene ring substituents is 1. The van der Waals surface area contributed by atoms with Gasteiger partial charge in [-0.2, -0.15) is 0 Å². The van der Waals surface area contributed by atoms with E-state index in [1.54, 1.807) is 0 Å². The van der Waals surface area contributed by atoms with Crippen LogP contribution in [0.25, 0.3) is 0 Å². The molecule has 1 aromatic heterocycles. The molecule has 8 heteroatoms. The van der Waals surface area contributed by atoms with Crippen LogP contribution in [0.15, 0.2) is 34.1 Å². The Morgan fingerprint density at radius 1 is 1.40 bits per heavy atom. The zero-order valence-electron chi connectivity index (χ0n) is 9.91. The molecule has 0 radical (unpaired) electrons. The van der Waals surface area contributed by atoms with Crippen LogP contribution in [0.5, 0.6) is 5.75 Å². The van der Waals surface area contributed by atoms with Gasteiger partial charge in [0.2, 0.25) is 0 Å². The second-order valence-corrected chi connectivity index (χ2v) is 6.29. The summed E-state index contributed by atoms with van der Waals surface area (Å²) in [5.41, 5.74) is -0.511. The number of halogens is 1. The summed E-state index contributed by atoms with van der Waals surface area (Å²) in [4.78, 5) is 22.0. The Kier molecular flexibility index (Phi) is 4.35. The third-order valence-corrected chi connectivity index (χ3v) is 4.00. The Morgan fingerprint density at radius 2 is 2.15 bits per heavy atom. The molecule has 1 N–H and O–H groups in total. The summed E-state index contributed by atoms with van der Waals surface area (Å²) in [6.07, 6.45) is 0. The maximum Gasteiger partial charge on any atom is 0.335 e. The molecule has 2 rings (SSSR count). The van der Waals surface area contributed by atoms with Crippen molar-refractivity contribution in [3.8, 4) is 5.75 Å². The van der Waals surface area contributed by atoms with E-state index in [-0.39, 0.29) is 23.6 Å². The maximum absolute atomic E-state index is 10.9. The Hall–Kier alpha value is -1.93. The number of aromatic carboxylic acids is 1. The first kappa shape index (κ1) is 14.5. The molecule has 20 heavy (non-hydrogen) atoms. The largest absolute Gasteiger partial charge is 0.481 e. The summed E-state index contributed by atoms with van der Waals surface area (Å²) in [5.74, 6) is -1.17. The number of thiophene rings is 1. The molecule has 2 aromatic rings.